The largest absolute Gasteiger partial charge is 0.480 e. The third kappa shape index (κ3) is 12.0. The zero-order chi connectivity index (χ0) is 30.2. The Hall–Kier alpha value is -4.51. The average molecular weight is 577 g/mol. The van der Waals surface area contributed by atoms with Crippen molar-refractivity contribution in [3.05, 3.63) is 36.4 Å². The van der Waals surface area contributed by atoms with Crippen LogP contribution in [0.3, 0.4) is 0 Å². The summed E-state index contributed by atoms with van der Waals surface area (Å²) in [7, 11) is 0. The lowest BCUT2D eigenvalue weighted by molar-refractivity contribution is -0.142. The maximum Gasteiger partial charge on any atom is 0.326 e. The number of carbonyl (C=O) groups excluding carboxylic acids is 3. The number of hydrogen-bond donors (Lipinski definition) is 10. The van der Waals surface area contributed by atoms with E-state index in [2.05, 4.69) is 40.9 Å². The van der Waals surface area contributed by atoms with Crippen molar-refractivity contribution in [3.8, 4) is 0 Å². The Kier molecular flexibility index (Phi) is 13.7. The maximum atomic E-state index is 13.4. The number of imidazole rings is 2. The number of aliphatic imine (C=N–C) groups is 1. The van der Waals surface area contributed by atoms with Crippen LogP contribution in [0.5, 0.6) is 0 Å². The van der Waals surface area contributed by atoms with Gasteiger partial charge in [0.05, 0.1) is 18.7 Å². The SMILES string of the molecule is NCCCCC(NC(=O)C(CCCN=C(N)N)NC(=O)C(N)Cc1cnc[nH]1)C(=O)NC(Cc1cnc[nH]1)C(=O)O. The number of nitrogens with two attached hydrogens (primary N) is 4. The summed E-state index contributed by atoms with van der Waals surface area (Å²) in [5.74, 6) is -3.29. The van der Waals surface area contributed by atoms with Crippen LogP contribution in [-0.4, -0.2) is 91.9 Å². The predicted molar refractivity (Wildman–Crippen MR) is 149 cm³/mol. The van der Waals surface area contributed by atoms with Crippen LogP contribution in [0.2, 0.25) is 0 Å². The molecule has 4 unspecified atom stereocenters. The second-order valence-corrected chi connectivity index (χ2v) is 9.42. The van der Waals surface area contributed by atoms with Crippen LogP contribution >= 0.6 is 0 Å². The van der Waals surface area contributed by atoms with Gasteiger partial charge in [-0.15, -0.1) is 0 Å². The first-order valence-electron chi connectivity index (χ1n) is 13.2. The van der Waals surface area contributed by atoms with E-state index in [1.54, 1.807) is 0 Å². The molecule has 226 valence electrons. The standard InChI is InChI=1S/C24H40N12O5/c25-6-2-1-4-17(22(39)36-19(23(40)41)9-15-11-30-13-33-15)35-21(38)18(5-3-7-31-24(27)28)34-20(37)16(26)8-14-10-29-12-32-14/h10-13,16-19H,1-9,25-26H2,(H,29,32)(H,30,33)(H,34,37)(H,35,38)(H,36,39)(H,40,41)(H4,27,28,31). The lowest BCUT2D eigenvalue weighted by Gasteiger charge is -2.25. The number of carboxylic acids is 1. The quantitative estimate of drug-likeness (QED) is 0.0455. The van der Waals surface area contributed by atoms with Gasteiger partial charge < -0.3 is 54.0 Å². The molecular formula is C24H40N12O5. The zero-order valence-electron chi connectivity index (χ0n) is 22.7. The second kappa shape index (κ2) is 17.2. The summed E-state index contributed by atoms with van der Waals surface area (Å²) >= 11 is 0. The van der Waals surface area contributed by atoms with Crippen molar-refractivity contribution in [2.75, 3.05) is 13.1 Å². The van der Waals surface area contributed by atoms with Crippen LogP contribution in [-0.2, 0) is 32.0 Å². The van der Waals surface area contributed by atoms with Gasteiger partial charge in [0.15, 0.2) is 5.96 Å². The fourth-order valence-electron chi connectivity index (χ4n) is 3.90. The first-order valence-corrected chi connectivity index (χ1v) is 13.2. The van der Waals surface area contributed by atoms with Crippen molar-refractivity contribution in [2.45, 2.75) is 69.1 Å². The van der Waals surface area contributed by atoms with Gasteiger partial charge in [-0.1, -0.05) is 0 Å². The number of nitrogens with one attached hydrogen (secondary N) is 5. The number of H-pyrrole nitrogens is 2. The van der Waals surface area contributed by atoms with E-state index in [0.717, 1.165) is 0 Å². The summed E-state index contributed by atoms with van der Waals surface area (Å²) < 4.78 is 0. The third-order valence-electron chi connectivity index (χ3n) is 6.08. The predicted octanol–water partition coefficient (Wildman–Crippen LogP) is -3.03. The molecule has 4 atom stereocenters. The summed E-state index contributed by atoms with van der Waals surface area (Å²) in [6.07, 6.45) is 7.70. The number of nitrogens with zero attached hydrogens (tertiary/aromatic N) is 3. The number of carbonyl (C=O) groups is 4. The molecule has 3 amide bonds. The Morgan fingerprint density at radius 1 is 0.829 bits per heavy atom. The molecule has 0 spiro atoms. The molecule has 17 nitrogen and oxygen atoms in total. The molecule has 2 heterocycles. The Morgan fingerprint density at radius 3 is 1.88 bits per heavy atom. The minimum atomic E-state index is -1.27. The zero-order valence-corrected chi connectivity index (χ0v) is 22.7. The van der Waals surface area contributed by atoms with Crippen LogP contribution in [0.25, 0.3) is 0 Å². The number of amides is 3. The molecule has 41 heavy (non-hydrogen) atoms. The molecule has 0 radical (unpaired) electrons. The van der Waals surface area contributed by atoms with E-state index in [-0.39, 0.29) is 38.2 Å². The van der Waals surface area contributed by atoms with Gasteiger partial charge in [0, 0.05) is 43.2 Å². The summed E-state index contributed by atoms with van der Waals surface area (Å²) in [5, 5.41) is 17.4. The minimum Gasteiger partial charge on any atom is -0.480 e. The fourth-order valence-corrected chi connectivity index (χ4v) is 3.90. The average Bonchev–Trinajstić information content (AvgIpc) is 3.63. The summed E-state index contributed by atoms with van der Waals surface area (Å²) in [6.45, 7) is 0.577. The van der Waals surface area contributed by atoms with Gasteiger partial charge in [0.25, 0.3) is 0 Å². The molecule has 0 aliphatic carbocycles. The number of hydrogen-bond acceptors (Lipinski definition) is 9. The Labute approximate surface area is 236 Å². The molecule has 14 N–H and O–H groups in total. The molecule has 0 aliphatic heterocycles. The van der Waals surface area contributed by atoms with Crippen LogP contribution < -0.4 is 38.9 Å². The molecule has 2 rings (SSSR count). The molecule has 0 aromatic carbocycles. The number of aliphatic carboxylic acids is 1. The third-order valence-corrected chi connectivity index (χ3v) is 6.08. The van der Waals surface area contributed by atoms with Crippen molar-refractivity contribution in [2.24, 2.45) is 27.9 Å². The van der Waals surface area contributed by atoms with Gasteiger partial charge in [0.2, 0.25) is 17.7 Å². The molecule has 0 fully saturated rings. The smallest absolute Gasteiger partial charge is 0.326 e. The van der Waals surface area contributed by atoms with E-state index in [1.807, 2.05) is 0 Å². The van der Waals surface area contributed by atoms with Crippen LogP contribution in [0.4, 0.5) is 0 Å². The van der Waals surface area contributed by atoms with E-state index in [0.29, 0.717) is 37.2 Å². The Balaban J connectivity index is 2.14. The highest BCUT2D eigenvalue weighted by atomic mass is 16.4. The molecule has 0 bridgehead atoms. The van der Waals surface area contributed by atoms with Crippen molar-refractivity contribution in [3.63, 3.8) is 0 Å². The monoisotopic (exact) mass is 576 g/mol. The fraction of sp³-hybridized carbons (Fsp3) is 0.542. The summed E-state index contributed by atoms with van der Waals surface area (Å²) in [6, 6.07) is -4.42. The van der Waals surface area contributed by atoms with Gasteiger partial charge >= 0.3 is 5.97 Å². The number of guanidine groups is 1. The summed E-state index contributed by atoms with van der Waals surface area (Å²) in [5.41, 5.74) is 23.5. The molecule has 0 aliphatic rings. The highest BCUT2D eigenvalue weighted by Crippen LogP contribution is 2.07. The number of unbranched alkanes of at least 4 members (excludes halogenated alkanes) is 1. The lowest BCUT2D eigenvalue weighted by atomic mass is 10.0. The second-order valence-electron chi connectivity index (χ2n) is 9.42. The molecule has 2 aromatic heterocycles. The van der Waals surface area contributed by atoms with Crippen molar-refractivity contribution in [1.82, 2.24) is 35.9 Å². The Morgan fingerprint density at radius 2 is 1.37 bits per heavy atom. The van der Waals surface area contributed by atoms with Crippen molar-refractivity contribution in [1.29, 1.82) is 0 Å². The normalized spacial score (nSPS) is 13.8. The maximum absolute atomic E-state index is 13.4. The van der Waals surface area contributed by atoms with Crippen LogP contribution in [0.1, 0.15) is 43.5 Å². The van der Waals surface area contributed by atoms with Crippen LogP contribution in [0.15, 0.2) is 30.0 Å². The highest BCUT2D eigenvalue weighted by molar-refractivity contribution is 5.94. The van der Waals surface area contributed by atoms with E-state index in [4.69, 9.17) is 22.9 Å². The van der Waals surface area contributed by atoms with E-state index in [1.165, 1.54) is 25.0 Å². The molecule has 0 saturated carbocycles. The minimum absolute atomic E-state index is 0.0395. The number of aromatic amines is 2. The van der Waals surface area contributed by atoms with Crippen molar-refractivity contribution < 1.29 is 24.3 Å². The van der Waals surface area contributed by atoms with Crippen molar-refractivity contribution >= 4 is 29.7 Å². The van der Waals surface area contributed by atoms with Gasteiger partial charge in [-0.05, 0) is 38.6 Å². The first kappa shape index (κ1) is 32.7. The number of aromatic nitrogens is 4. The van der Waals surface area contributed by atoms with E-state index in [9.17, 15) is 24.3 Å². The Bertz CT molecular complexity index is 1120. The molecular weight excluding hydrogens is 536 g/mol. The van der Waals surface area contributed by atoms with Gasteiger partial charge in [-0.3, -0.25) is 19.4 Å². The van der Waals surface area contributed by atoms with Gasteiger partial charge in [-0.2, -0.15) is 0 Å². The summed E-state index contributed by atoms with van der Waals surface area (Å²) in [4.78, 5) is 68.5. The lowest BCUT2D eigenvalue weighted by Crippen LogP contribution is -2.57. The number of carboxylic acid groups (broad SMARTS) is 1. The topological polar surface area (TPSA) is 298 Å². The van der Waals surface area contributed by atoms with E-state index >= 15 is 0 Å². The first-order chi connectivity index (χ1) is 19.6. The number of rotatable bonds is 19. The van der Waals surface area contributed by atoms with Crippen LogP contribution in [0, 0.1) is 0 Å². The molecule has 17 heteroatoms. The molecule has 2 aromatic rings. The highest BCUT2D eigenvalue weighted by Gasteiger charge is 2.30. The van der Waals surface area contributed by atoms with Gasteiger partial charge in [-0.25, -0.2) is 14.8 Å². The van der Waals surface area contributed by atoms with E-state index < -0.39 is 47.9 Å². The van der Waals surface area contributed by atoms with Gasteiger partial charge in [0.1, 0.15) is 18.1 Å². The molecule has 0 saturated heterocycles.